The second-order valence-corrected chi connectivity index (χ2v) is 4.28. The van der Waals surface area contributed by atoms with E-state index in [1.54, 1.807) is 24.4 Å². The highest BCUT2D eigenvalue weighted by molar-refractivity contribution is 9.10. The number of nitriles is 1. The normalized spacial score (nSPS) is 11.2. The van der Waals surface area contributed by atoms with E-state index in [0.717, 1.165) is 5.69 Å². The highest BCUT2D eigenvalue weighted by Crippen LogP contribution is 2.23. The first-order valence-electron chi connectivity index (χ1n) is 4.91. The predicted octanol–water partition coefficient (Wildman–Crippen LogP) is 3.98. The Morgan fingerprint density at radius 2 is 2.24 bits per heavy atom. The zero-order valence-corrected chi connectivity index (χ0v) is 10.3. The summed E-state index contributed by atoms with van der Waals surface area (Å²) in [6.07, 6.45) is 3.50. The number of halogens is 2. The number of H-pyrrole nitrogens is 1. The van der Waals surface area contributed by atoms with Crippen LogP contribution in [0.3, 0.4) is 0 Å². The number of hydrogen-bond donors (Lipinski definition) is 1. The van der Waals surface area contributed by atoms with Gasteiger partial charge >= 0.3 is 0 Å². The van der Waals surface area contributed by atoms with Gasteiger partial charge in [-0.1, -0.05) is 6.07 Å². The standard InChI is InChI=1S/C13H8BrFN2/c14-12-7-9(3-4-13(12)15)10(8-16)6-11-2-1-5-17-11/h1-7,17H/b10-6+. The lowest BCUT2D eigenvalue weighted by Crippen LogP contribution is -1.85. The van der Waals surface area contributed by atoms with E-state index in [2.05, 4.69) is 27.0 Å². The van der Waals surface area contributed by atoms with Gasteiger partial charge in [0, 0.05) is 11.9 Å². The molecule has 0 spiro atoms. The van der Waals surface area contributed by atoms with Crippen LogP contribution in [0.5, 0.6) is 0 Å². The van der Waals surface area contributed by atoms with Gasteiger partial charge in [-0.3, -0.25) is 0 Å². The van der Waals surface area contributed by atoms with E-state index < -0.39 is 0 Å². The number of rotatable bonds is 2. The van der Waals surface area contributed by atoms with Crippen molar-refractivity contribution in [2.45, 2.75) is 0 Å². The fourth-order valence-corrected chi connectivity index (χ4v) is 1.81. The summed E-state index contributed by atoms with van der Waals surface area (Å²) < 4.78 is 13.4. The summed E-state index contributed by atoms with van der Waals surface area (Å²) in [5.41, 5.74) is 1.99. The van der Waals surface area contributed by atoms with E-state index in [1.165, 1.54) is 6.07 Å². The first-order valence-corrected chi connectivity index (χ1v) is 5.70. The third-order valence-corrected chi connectivity index (χ3v) is 2.88. The Balaban J connectivity index is 2.43. The van der Waals surface area contributed by atoms with Crippen molar-refractivity contribution in [1.82, 2.24) is 4.98 Å². The molecule has 0 fully saturated rings. The van der Waals surface area contributed by atoms with Gasteiger partial charge in [0.05, 0.1) is 16.1 Å². The summed E-state index contributed by atoms with van der Waals surface area (Å²) in [7, 11) is 0. The Bertz CT molecular complexity index is 594. The van der Waals surface area contributed by atoms with Crippen molar-refractivity contribution in [3.8, 4) is 6.07 Å². The van der Waals surface area contributed by atoms with Crippen LogP contribution in [0.25, 0.3) is 11.6 Å². The van der Waals surface area contributed by atoms with Crippen molar-refractivity contribution >= 4 is 27.6 Å². The number of hydrogen-bond acceptors (Lipinski definition) is 1. The Kier molecular flexibility index (Phi) is 3.40. The van der Waals surface area contributed by atoms with E-state index in [1.807, 2.05) is 12.1 Å². The lowest BCUT2D eigenvalue weighted by atomic mass is 10.1. The maximum absolute atomic E-state index is 13.1. The van der Waals surface area contributed by atoms with E-state index in [9.17, 15) is 4.39 Å². The number of allylic oxidation sites excluding steroid dienone is 1. The lowest BCUT2D eigenvalue weighted by molar-refractivity contribution is 0.621. The Hall–Kier alpha value is -1.86. The van der Waals surface area contributed by atoms with Crippen molar-refractivity contribution in [2.75, 3.05) is 0 Å². The molecular weight excluding hydrogens is 283 g/mol. The van der Waals surface area contributed by atoms with Gasteiger partial charge < -0.3 is 4.98 Å². The third-order valence-electron chi connectivity index (χ3n) is 2.27. The molecular formula is C13H8BrFN2. The van der Waals surface area contributed by atoms with Crippen molar-refractivity contribution < 1.29 is 4.39 Å². The number of aromatic nitrogens is 1. The molecule has 0 atom stereocenters. The van der Waals surface area contributed by atoms with Gasteiger partial charge in [-0.25, -0.2) is 4.39 Å². The lowest BCUT2D eigenvalue weighted by Gasteiger charge is -2.00. The molecule has 2 nitrogen and oxygen atoms in total. The predicted molar refractivity (Wildman–Crippen MR) is 68.4 cm³/mol. The Morgan fingerprint density at radius 1 is 1.41 bits per heavy atom. The minimum Gasteiger partial charge on any atom is -0.362 e. The number of nitrogens with zero attached hydrogens (tertiary/aromatic N) is 1. The topological polar surface area (TPSA) is 39.6 Å². The Labute approximate surface area is 107 Å². The summed E-state index contributed by atoms with van der Waals surface area (Å²) in [4.78, 5) is 2.98. The van der Waals surface area contributed by atoms with E-state index >= 15 is 0 Å². The van der Waals surface area contributed by atoms with Crippen molar-refractivity contribution in [3.05, 3.63) is 58.1 Å². The highest BCUT2D eigenvalue weighted by Gasteiger charge is 2.05. The van der Waals surface area contributed by atoms with Crippen LogP contribution in [0.1, 0.15) is 11.3 Å². The molecule has 4 heteroatoms. The molecule has 1 aromatic heterocycles. The smallest absolute Gasteiger partial charge is 0.137 e. The van der Waals surface area contributed by atoms with Crippen LogP contribution < -0.4 is 0 Å². The van der Waals surface area contributed by atoms with Gasteiger partial charge in [0.15, 0.2) is 0 Å². The van der Waals surface area contributed by atoms with Crippen LogP contribution in [-0.2, 0) is 0 Å². The SMILES string of the molecule is N#C/C(=C\c1ccc[nH]1)c1ccc(F)c(Br)c1. The van der Waals surface area contributed by atoms with Crippen LogP contribution in [0, 0.1) is 17.1 Å². The molecule has 1 heterocycles. The third kappa shape index (κ3) is 2.63. The van der Waals surface area contributed by atoms with Gasteiger partial charge in [-0.05, 0) is 51.8 Å². The van der Waals surface area contributed by atoms with Crippen LogP contribution >= 0.6 is 15.9 Å². The molecule has 0 unspecified atom stereocenters. The highest BCUT2D eigenvalue weighted by atomic mass is 79.9. The van der Waals surface area contributed by atoms with Crippen molar-refractivity contribution in [3.63, 3.8) is 0 Å². The maximum Gasteiger partial charge on any atom is 0.137 e. The second-order valence-electron chi connectivity index (χ2n) is 3.42. The molecule has 1 N–H and O–H groups in total. The first kappa shape index (κ1) is 11.6. The molecule has 1 aromatic carbocycles. The van der Waals surface area contributed by atoms with E-state index in [4.69, 9.17) is 5.26 Å². The molecule has 0 amide bonds. The number of nitrogens with one attached hydrogen (secondary N) is 1. The molecule has 2 aromatic rings. The van der Waals surface area contributed by atoms with Crippen LogP contribution in [0.2, 0.25) is 0 Å². The molecule has 0 bridgehead atoms. The second kappa shape index (κ2) is 4.98. The van der Waals surface area contributed by atoms with Crippen molar-refractivity contribution in [1.29, 1.82) is 5.26 Å². The van der Waals surface area contributed by atoms with Crippen molar-refractivity contribution in [2.24, 2.45) is 0 Å². The molecule has 0 aliphatic rings. The molecule has 17 heavy (non-hydrogen) atoms. The molecule has 0 aliphatic heterocycles. The molecule has 0 saturated heterocycles. The zero-order chi connectivity index (χ0) is 12.3. The van der Waals surface area contributed by atoms with Crippen LogP contribution in [0.4, 0.5) is 4.39 Å². The van der Waals surface area contributed by atoms with E-state index in [0.29, 0.717) is 15.6 Å². The maximum atomic E-state index is 13.1. The first-order chi connectivity index (χ1) is 8.20. The average molecular weight is 291 g/mol. The summed E-state index contributed by atoms with van der Waals surface area (Å²) in [5, 5.41) is 9.10. The molecule has 84 valence electrons. The monoisotopic (exact) mass is 290 g/mol. The molecule has 0 radical (unpaired) electrons. The van der Waals surface area contributed by atoms with Gasteiger partial charge in [0.1, 0.15) is 5.82 Å². The molecule has 0 aliphatic carbocycles. The van der Waals surface area contributed by atoms with E-state index in [-0.39, 0.29) is 5.82 Å². The minimum atomic E-state index is -0.342. The van der Waals surface area contributed by atoms with Crippen LogP contribution in [-0.4, -0.2) is 4.98 Å². The van der Waals surface area contributed by atoms with Gasteiger partial charge in [0.2, 0.25) is 0 Å². The van der Waals surface area contributed by atoms with Gasteiger partial charge in [-0.15, -0.1) is 0 Å². The van der Waals surface area contributed by atoms with Gasteiger partial charge in [-0.2, -0.15) is 5.26 Å². The number of aromatic amines is 1. The fraction of sp³-hybridized carbons (Fsp3) is 0. The average Bonchev–Trinajstić information content (AvgIpc) is 2.82. The number of benzene rings is 1. The molecule has 2 rings (SSSR count). The summed E-state index contributed by atoms with van der Waals surface area (Å²) in [6.45, 7) is 0. The van der Waals surface area contributed by atoms with Crippen LogP contribution in [0.15, 0.2) is 41.0 Å². The Morgan fingerprint density at radius 3 is 2.82 bits per heavy atom. The molecule has 0 saturated carbocycles. The van der Waals surface area contributed by atoms with Gasteiger partial charge in [0.25, 0.3) is 0 Å². The summed E-state index contributed by atoms with van der Waals surface area (Å²) in [6, 6.07) is 10.3. The summed E-state index contributed by atoms with van der Waals surface area (Å²) >= 11 is 3.10. The largest absolute Gasteiger partial charge is 0.362 e. The fourth-order valence-electron chi connectivity index (χ4n) is 1.43. The summed E-state index contributed by atoms with van der Waals surface area (Å²) in [5.74, 6) is -0.342. The quantitative estimate of drug-likeness (QED) is 0.835. The zero-order valence-electron chi connectivity index (χ0n) is 8.74. The minimum absolute atomic E-state index is 0.342.